The number of nitrogens with one attached hydrogen (secondary N) is 2. The summed E-state index contributed by atoms with van der Waals surface area (Å²) in [6.45, 7) is 6.46. The van der Waals surface area contributed by atoms with Crippen LogP contribution in [0.15, 0.2) is 6.07 Å². The summed E-state index contributed by atoms with van der Waals surface area (Å²) >= 11 is 0. The van der Waals surface area contributed by atoms with Crippen LogP contribution in [0.25, 0.3) is 0 Å². The molecule has 0 aliphatic carbocycles. The summed E-state index contributed by atoms with van der Waals surface area (Å²) in [5.41, 5.74) is 8.01. The van der Waals surface area contributed by atoms with Gasteiger partial charge in [-0.3, -0.25) is 0 Å². The van der Waals surface area contributed by atoms with Crippen LogP contribution >= 0.6 is 0 Å². The molecule has 0 spiro atoms. The first kappa shape index (κ1) is 12.5. The van der Waals surface area contributed by atoms with Gasteiger partial charge in [0, 0.05) is 12.1 Å². The molecule has 6 heteroatoms. The Balaban J connectivity index is 2.69. The van der Waals surface area contributed by atoms with Gasteiger partial charge in [-0.15, -0.1) is 0 Å². The van der Waals surface area contributed by atoms with Crippen LogP contribution in [0.5, 0.6) is 0 Å². The van der Waals surface area contributed by atoms with Crippen LogP contribution in [0.3, 0.4) is 0 Å². The predicted octanol–water partition coefficient (Wildman–Crippen LogP) is 1.19. The zero-order valence-electron chi connectivity index (χ0n) is 9.99. The Morgan fingerprint density at radius 1 is 1.25 bits per heavy atom. The van der Waals surface area contributed by atoms with E-state index in [9.17, 15) is 0 Å². The Hall–Kier alpha value is -1.56. The van der Waals surface area contributed by atoms with Gasteiger partial charge < -0.3 is 16.5 Å². The summed E-state index contributed by atoms with van der Waals surface area (Å²) in [6, 6.07) is 2.06. The molecule has 90 valence electrons. The van der Waals surface area contributed by atoms with Gasteiger partial charge in [0.2, 0.25) is 5.95 Å². The summed E-state index contributed by atoms with van der Waals surface area (Å²) in [7, 11) is 0. The number of rotatable bonds is 5. The van der Waals surface area contributed by atoms with Crippen molar-refractivity contribution in [1.29, 1.82) is 0 Å². The Morgan fingerprint density at radius 3 is 2.44 bits per heavy atom. The molecule has 1 rings (SSSR count). The summed E-state index contributed by atoms with van der Waals surface area (Å²) in [6.07, 6.45) is 1.06. The van der Waals surface area contributed by atoms with Crippen molar-refractivity contribution < 1.29 is 0 Å². The predicted molar refractivity (Wildman–Crippen MR) is 66.8 cm³/mol. The standard InChI is InChI=1S/C10H20N6/c1-6(2)4-7(3)13-8-5-9(16-12)15-10(11)14-8/h5-7H,4,12H2,1-3H3,(H4,11,13,14,15,16). The fraction of sp³-hybridized carbons (Fsp3) is 0.600. The maximum Gasteiger partial charge on any atom is 0.223 e. The van der Waals surface area contributed by atoms with E-state index in [0.29, 0.717) is 23.6 Å². The zero-order valence-corrected chi connectivity index (χ0v) is 9.99. The summed E-state index contributed by atoms with van der Waals surface area (Å²) in [5, 5.41) is 3.26. The van der Waals surface area contributed by atoms with E-state index in [2.05, 4.69) is 41.5 Å². The number of nitrogens with two attached hydrogens (primary N) is 2. The molecule has 1 unspecified atom stereocenters. The van der Waals surface area contributed by atoms with Gasteiger partial charge in [0.25, 0.3) is 0 Å². The molecule has 0 aromatic carbocycles. The molecule has 0 saturated carbocycles. The van der Waals surface area contributed by atoms with E-state index in [0.717, 1.165) is 6.42 Å². The van der Waals surface area contributed by atoms with E-state index >= 15 is 0 Å². The number of nitrogen functional groups attached to an aromatic ring is 2. The summed E-state index contributed by atoms with van der Waals surface area (Å²) in [5.74, 6) is 7.31. The van der Waals surface area contributed by atoms with Crippen molar-refractivity contribution in [2.75, 3.05) is 16.5 Å². The number of hydrazine groups is 1. The third-order valence-corrected chi connectivity index (χ3v) is 2.11. The molecule has 6 N–H and O–H groups in total. The SMILES string of the molecule is CC(C)CC(C)Nc1cc(NN)nc(N)n1. The van der Waals surface area contributed by atoms with Crippen LogP contribution in [0, 0.1) is 5.92 Å². The molecule has 6 nitrogen and oxygen atoms in total. The lowest BCUT2D eigenvalue weighted by Crippen LogP contribution is -2.19. The molecular formula is C10H20N6. The van der Waals surface area contributed by atoms with Gasteiger partial charge in [-0.2, -0.15) is 9.97 Å². The van der Waals surface area contributed by atoms with Gasteiger partial charge in [-0.1, -0.05) is 13.8 Å². The van der Waals surface area contributed by atoms with Crippen LogP contribution < -0.4 is 22.3 Å². The normalized spacial score (nSPS) is 12.6. The van der Waals surface area contributed by atoms with Crippen LogP contribution in [0.2, 0.25) is 0 Å². The third-order valence-electron chi connectivity index (χ3n) is 2.11. The number of aromatic nitrogens is 2. The number of anilines is 3. The van der Waals surface area contributed by atoms with Crippen molar-refractivity contribution in [3.05, 3.63) is 6.07 Å². The van der Waals surface area contributed by atoms with Gasteiger partial charge in [0.05, 0.1) is 0 Å². The molecule has 1 aromatic rings. The molecule has 0 amide bonds. The van der Waals surface area contributed by atoms with Gasteiger partial charge >= 0.3 is 0 Å². The van der Waals surface area contributed by atoms with Crippen molar-refractivity contribution >= 4 is 17.6 Å². The van der Waals surface area contributed by atoms with E-state index in [1.807, 2.05) is 0 Å². The first-order valence-electron chi connectivity index (χ1n) is 5.39. The fourth-order valence-corrected chi connectivity index (χ4v) is 1.63. The van der Waals surface area contributed by atoms with Gasteiger partial charge in [0.15, 0.2) is 0 Å². The Morgan fingerprint density at radius 2 is 1.88 bits per heavy atom. The summed E-state index contributed by atoms with van der Waals surface area (Å²) in [4.78, 5) is 8.00. The number of nitrogens with zero attached hydrogens (tertiary/aromatic N) is 2. The maximum atomic E-state index is 5.55. The molecule has 0 aliphatic heterocycles. The van der Waals surface area contributed by atoms with Crippen LogP contribution in [-0.2, 0) is 0 Å². The second kappa shape index (κ2) is 5.50. The lowest BCUT2D eigenvalue weighted by Gasteiger charge is -2.16. The lowest BCUT2D eigenvalue weighted by molar-refractivity contribution is 0.539. The molecule has 1 aromatic heterocycles. The molecule has 0 fully saturated rings. The van der Waals surface area contributed by atoms with Gasteiger partial charge in [-0.05, 0) is 19.3 Å². The molecule has 0 radical (unpaired) electrons. The molecule has 1 heterocycles. The Kier molecular flexibility index (Phi) is 4.30. The van der Waals surface area contributed by atoms with Gasteiger partial charge in [-0.25, -0.2) is 5.84 Å². The van der Waals surface area contributed by atoms with Crippen molar-refractivity contribution in [2.24, 2.45) is 11.8 Å². The fourth-order valence-electron chi connectivity index (χ4n) is 1.63. The topological polar surface area (TPSA) is 102 Å². The van der Waals surface area contributed by atoms with Crippen molar-refractivity contribution in [1.82, 2.24) is 9.97 Å². The first-order chi connectivity index (χ1) is 7.51. The van der Waals surface area contributed by atoms with E-state index < -0.39 is 0 Å². The highest BCUT2D eigenvalue weighted by molar-refractivity contribution is 5.50. The molecule has 0 bridgehead atoms. The zero-order chi connectivity index (χ0) is 12.1. The van der Waals surface area contributed by atoms with E-state index in [-0.39, 0.29) is 5.95 Å². The third kappa shape index (κ3) is 3.90. The molecular weight excluding hydrogens is 204 g/mol. The van der Waals surface area contributed by atoms with Crippen LogP contribution in [0.4, 0.5) is 17.6 Å². The van der Waals surface area contributed by atoms with E-state index in [1.54, 1.807) is 6.07 Å². The smallest absolute Gasteiger partial charge is 0.223 e. The number of hydrogen-bond donors (Lipinski definition) is 4. The highest BCUT2D eigenvalue weighted by atomic mass is 15.3. The number of hydrogen-bond acceptors (Lipinski definition) is 6. The summed E-state index contributed by atoms with van der Waals surface area (Å²) < 4.78 is 0. The van der Waals surface area contributed by atoms with Crippen molar-refractivity contribution in [2.45, 2.75) is 33.2 Å². The van der Waals surface area contributed by atoms with E-state index in [1.165, 1.54) is 0 Å². The molecule has 1 atom stereocenters. The van der Waals surface area contributed by atoms with Crippen LogP contribution in [-0.4, -0.2) is 16.0 Å². The van der Waals surface area contributed by atoms with Crippen molar-refractivity contribution in [3.63, 3.8) is 0 Å². The minimum atomic E-state index is 0.203. The van der Waals surface area contributed by atoms with Crippen LogP contribution in [0.1, 0.15) is 27.2 Å². The molecule has 0 saturated heterocycles. The highest BCUT2D eigenvalue weighted by Gasteiger charge is 2.07. The lowest BCUT2D eigenvalue weighted by atomic mass is 10.1. The average molecular weight is 224 g/mol. The maximum absolute atomic E-state index is 5.55. The average Bonchev–Trinajstić information content (AvgIpc) is 2.14. The first-order valence-corrected chi connectivity index (χ1v) is 5.39. The molecule has 0 aliphatic rings. The Bertz CT molecular complexity index is 338. The Labute approximate surface area is 95.8 Å². The monoisotopic (exact) mass is 224 g/mol. The van der Waals surface area contributed by atoms with Crippen molar-refractivity contribution in [3.8, 4) is 0 Å². The molecule has 16 heavy (non-hydrogen) atoms. The minimum Gasteiger partial charge on any atom is -0.368 e. The minimum absolute atomic E-state index is 0.203. The highest BCUT2D eigenvalue weighted by Crippen LogP contribution is 2.14. The second-order valence-corrected chi connectivity index (χ2v) is 4.32. The largest absolute Gasteiger partial charge is 0.368 e. The quantitative estimate of drug-likeness (QED) is 0.442. The second-order valence-electron chi connectivity index (χ2n) is 4.32. The van der Waals surface area contributed by atoms with E-state index in [4.69, 9.17) is 11.6 Å². The van der Waals surface area contributed by atoms with Gasteiger partial charge in [0.1, 0.15) is 11.6 Å².